The van der Waals surface area contributed by atoms with E-state index in [9.17, 15) is 4.79 Å². The first-order valence-corrected chi connectivity index (χ1v) is 10.7. The van der Waals surface area contributed by atoms with Crippen LogP contribution in [-0.2, 0) is 0 Å². The lowest BCUT2D eigenvalue weighted by Crippen LogP contribution is -2.26. The lowest BCUT2D eigenvalue weighted by Gasteiger charge is -2.15. The Morgan fingerprint density at radius 1 is 1.13 bits per heavy atom. The smallest absolute Gasteiger partial charge is 0.279 e. The summed E-state index contributed by atoms with van der Waals surface area (Å²) in [5.74, 6) is 0.743. The molecule has 8 nitrogen and oxygen atoms in total. The molecule has 0 saturated carbocycles. The van der Waals surface area contributed by atoms with Gasteiger partial charge < -0.3 is 10.5 Å². The van der Waals surface area contributed by atoms with Gasteiger partial charge in [-0.3, -0.25) is 9.36 Å². The minimum absolute atomic E-state index is 0.0974. The van der Waals surface area contributed by atoms with E-state index in [2.05, 4.69) is 24.7 Å². The second-order valence-electron chi connectivity index (χ2n) is 7.13. The molecule has 158 valence electrons. The molecule has 0 spiro atoms. The Morgan fingerprint density at radius 3 is 2.61 bits per heavy atom. The third-order valence-electron chi connectivity index (χ3n) is 4.61. The summed E-state index contributed by atoms with van der Waals surface area (Å²) in [5, 5.41) is 0.658. The number of hydrogen-bond acceptors (Lipinski definition) is 8. The molecule has 0 bridgehead atoms. The Kier molecular flexibility index (Phi) is 5.79. The number of pyridine rings is 1. The molecule has 3 N–H and O–H groups in total. The third kappa shape index (κ3) is 4.19. The second kappa shape index (κ2) is 8.52. The van der Waals surface area contributed by atoms with Gasteiger partial charge in [-0.05, 0) is 57.0 Å². The van der Waals surface area contributed by atoms with Gasteiger partial charge in [-0.2, -0.15) is 4.98 Å². The van der Waals surface area contributed by atoms with Gasteiger partial charge in [0, 0.05) is 22.2 Å². The summed E-state index contributed by atoms with van der Waals surface area (Å²) >= 11 is 7.57. The molecule has 0 fully saturated rings. The minimum Gasteiger partial charge on any atom is -0.368 e. The van der Waals surface area contributed by atoms with Crippen LogP contribution in [0.4, 0.5) is 11.8 Å². The van der Waals surface area contributed by atoms with E-state index in [1.54, 1.807) is 10.6 Å². The van der Waals surface area contributed by atoms with Crippen molar-refractivity contribution in [3.8, 4) is 11.3 Å². The number of nitrogens with two attached hydrogens (primary N) is 1. The van der Waals surface area contributed by atoms with Crippen LogP contribution in [0.15, 0.2) is 52.3 Å². The van der Waals surface area contributed by atoms with Crippen LogP contribution in [0.1, 0.15) is 25.6 Å². The highest BCUT2D eigenvalue weighted by atomic mass is 35.5. The minimum atomic E-state index is -0.253. The molecule has 1 aromatic carbocycles. The van der Waals surface area contributed by atoms with Crippen molar-refractivity contribution in [2.24, 2.45) is 0 Å². The zero-order valence-corrected chi connectivity index (χ0v) is 18.7. The summed E-state index contributed by atoms with van der Waals surface area (Å²) in [7, 11) is 0. The van der Waals surface area contributed by atoms with E-state index in [4.69, 9.17) is 17.3 Å². The predicted octanol–water partition coefficient (Wildman–Crippen LogP) is 4.49. The molecule has 0 amide bonds. The average molecular weight is 454 g/mol. The molecule has 3 aromatic heterocycles. The quantitative estimate of drug-likeness (QED) is 0.425. The van der Waals surface area contributed by atoms with Gasteiger partial charge in [0.25, 0.3) is 5.56 Å². The van der Waals surface area contributed by atoms with E-state index in [1.807, 2.05) is 51.1 Å². The maximum absolute atomic E-state index is 13.3. The van der Waals surface area contributed by atoms with E-state index in [0.717, 1.165) is 4.90 Å². The van der Waals surface area contributed by atoms with Crippen molar-refractivity contribution < 1.29 is 0 Å². The van der Waals surface area contributed by atoms with Gasteiger partial charge in [-0.25, -0.2) is 15.0 Å². The highest BCUT2D eigenvalue weighted by Crippen LogP contribution is 2.28. The van der Waals surface area contributed by atoms with Crippen molar-refractivity contribution >= 4 is 46.5 Å². The van der Waals surface area contributed by atoms with E-state index >= 15 is 0 Å². The van der Waals surface area contributed by atoms with Crippen LogP contribution in [0, 0.1) is 6.92 Å². The fraction of sp³-hybridized carbons (Fsp3) is 0.190. The zero-order valence-electron chi connectivity index (χ0n) is 17.1. The molecule has 3 heterocycles. The molecular formula is C21H20ClN7OS. The highest BCUT2D eigenvalue weighted by Gasteiger charge is 2.18. The number of hydrogen-bond donors (Lipinski definition) is 2. The molecule has 0 aliphatic carbocycles. The van der Waals surface area contributed by atoms with Gasteiger partial charge in [-0.15, -0.1) is 0 Å². The highest BCUT2D eigenvalue weighted by molar-refractivity contribution is 8.00. The molecule has 0 atom stereocenters. The van der Waals surface area contributed by atoms with E-state index in [1.165, 1.54) is 18.1 Å². The second-order valence-corrected chi connectivity index (χ2v) is 8.39. The number of aromatic nitrogens is 5. The maximum Gasteiger partial charge on any atom is 0.279 e. The Bertz CT molecular complexity index is 1340. The number of halogens is 1. The Hall–Kier alpha value is -3.17. The first-order valence-electron chi connectivity index (χ1n) is 9.55. The monoisotopic (exact) mass is 453 g/mol. The van der Waals surface area contributed by atoms with Crippen LogP contribution in [-0.4, -0.2) is 24.5 Å². The standard InChI is InChI=1S/C21H20ClN7OS/c1-11(2)29-19-15(10-24-21(23)27-19)26-18(20(29)30)13-8-9-17(25-12(13)3)28-31-16-7-5-4-6-14(16)22/h4-11H,1-3H3,(H,25,28)(H2,23,24,27). The number of nitrogens with zero attached hydrogens (tertiary/aromatic N) is 5. The van der Waals surface area contributed by atoms with Crippen molar-refractivity contribution in [3.63, 3.8) is 0 Å². The van der Waals surface area contributed by atoms with Crippen LogP contribution >= 0.6 is 23.5 Å². The lowest BCUT2D eigenvalue weighted by atomic mass is 10.1. The van der Waals surface area contributed by atoms with E-state index in [0.29, 0.717) is 39.0 Å². The van der Waals surface area contributed by atoms with Crippen molar-refractivity contribution in [1.29, 1.82) is 0 Å². The van der Waals surface area contributed by atoms with Crippen molar-refractivity contribution in [3.05, 3.63) is 63.7 Å². The Labute approximate surface area is 188 Å². The first-order chi connectivity index (χ1) is 14.8. The fourth-order valence-corrected chi connectivity index (χ4v) is 4.06. The van der Waals surface area contributed by atoms with Crippen molar-refractivity contribution in [1.82, 2.24) is 24.5 Å². The zero-order chi connectivity index (χ0) is 22.1. The van der Waals surface area contributed by atoms with Gasteiger partial charge in [-0.1, -0.05) is 23.7 Å². The Balaban J connectivity index is 1.73. The Morgan fingerprint density at radius 2 is 1.90 bits per heavy atom. The van der Waals surface area contributed by atoms with Crippen LogP contribution in [0.2, 0.25) is 5.02 Å². The molecule has 0 saturated heterocycles. The normalized spacial score (nSPS) is 11.3. The van der Waals surface area contributed by atoms with Crippen LogP contribution < -0.4 is 16.0 Å². The van der Waals surface area contributed by atoms with Gasteiger partial charge in [0.2, 0.25) is 5.95 Å². The van der Waals surface area contributed by atoms with Gasteiger partial charge in [0.05, 0.1) is 11.2 Å². The number of anilines is 2. The fourth-order valence-electron chi connectivity index (χ4n) is 3.17. The molecule has 4 aromatic rings. The number of nitrogen functional groups attached to an aromatic ring is 1. The SMILES string of the molecule is Cc1nc(NSc2ccccc2Cl)ccc1-c1nc2cnc(N)nc2n(C(C)C)c1=O. The maximum atomic E-state index is 13.3. The van der Waals surface area contributed by atoms with E-state index in [-0.39, 0.29) is 17.5 Å². The van der Waals surface area contributed by atoms with Crippen LogP contribution in [0.3, 0.4) is 0 Å². The molecule has 10 heteroatoms. The summed E-state index contributed by atoms with van der Waals surface area (Å²) in [4.78, 5) is 31.5. The third-order valence-corrected chi connectivity index (χ3v) is 5.94. The molecule has 0 unspecified atom stereocenters. The molecule has 0 aliphatic heterocycles. The summed E-state index contributed by atoms with van der Waals surface area (Å²) in [6.07, 6.45) is 1.53. The van der Waals surface area contributed by atoms with Gasteiger partial charge in [0.1, 0.15) is 17.0 Å². The van der Waals surface area contributed by atoms with E-state index < -0.39 is 0 Å². The largest absolute Gasteiger partial charge is 0.368 e. The topological polar surface area (TPSA) is 112 Å². The number of nitrogens with one attached hydrogen (secondary N) is 1. The molecule has 0 radical (unpaired) electrons. The summed E-state index contributed by atoms with van der Waals surface area (Å²) < 4.78 is 4.76. The first kappa shape index (κ1) is 21.1. The summed E-state index contributed by atoms with van der Waals surface area (Å²) in [5.41, 5.74) is 7.98. The van der Waals surface area contributed by atoms with Gasteiger partial charge >= 0.3 is 0 Å². The van der Waals surface area contributed by atoms with Crippen LogP contribution in [0.5, 0.6) is 0 Å². The number of rotatable bonds is 5. The predicted molar refractivity (Wildman–Crippen MR) is 125 cm³/mol. The van der Waals surface area contributed by atoms with Gasteiger partial charge in [0.15, 0.2) is 5.65 Å². The lowest BCUT2D eigenvalue weighted by molar-refractivity contribution is 0.593. The van der Waals surface area contributed by atoms with Crippen molar-refractivity contribution in [2.75, 3.05) is 10.5 Å². The number of aryl methyl sites for hydroxylation is 1. The molecule has 31 heavy (non-hydrogen) atoms. The molecule has 4 rings (SSSR count). The summed E-state index contributed by atoms with van der Waals surface area (Å²) in [6, 6.07) is 11.0. The summed E-state index contributed by atoms with van der Waals surface area (Å²) in [6.45, 7) is 5.66. The molecule has 0 aliphatic rings. The average Bonchev–Trinajstić information content (AvgIpc) is 2.73. The number of fused-ring (bicyclic) bond motifs is 1. The van der Waals surface area contributed by atoms with Crippen molar-refractivity contribution in [2.45, 2.75) is 31.7 Å². The van der Waals surface area contributed by atoms with Crippen LogP contribution in [0.25, 0.3) is 22.4 Å². The molecular weight excluding hydrogens is 434 g/mol. The number of benzene rings is 1.